The predicted octanol–water partition coefficient (Wildman–Crippen LogP) is 19.5. The number of ether oxygens (including phenoxy) is 4. The number of quaternary nitrogens is 1. The Balaban J connectivity index is 4.11. The molecule has 0 saturated carbocycles. The zero-order valence-corrected chi connectivity index (χ0v) is 51.5. The number of allylic oxidation sites excluding steroid dienone is 18. The summed E-state index contributed by atoms with van der Waals surface area (Å²) in [5.41, 5.74) is 0. The minimum atomic E-state index is -1.52. The Bertz CT molecular complexity index is 1660. The van der Waals surface area contributed by atoms with Crippen LogP contribution in [0.25, 0.3) is 0 Å². The van der Waals surface area contributed by atoms with E-state index in [-0.39, 0.29) is 32.2 Å². The lowest BCUT2D eigenvalue weighted by molar-refractivity contribution is -0.870. The van der Waals surface area contributed by atoms with Gasteiger partial charge in [0, 0.05) is 12.8 Å². The van der Waals surface area contributed by atoms with Crippen molar-refractivity contribution in [1.82, 2.24) is 0 Å². The molecule has 2 atom stereocenters. The average molecular weight is 1100 g/mol. The molecule has 0 radical (unpaired) electrons. The topological polar surface area (TPSA) is 108 Å². The fourth-order valence-electron chi connectivity index (χ4n) is 8.61. The Morgan fingerprint density at radius 3 is 1.08 bits per heavy atom. The molecule has 2 unspecified atom stereocenters. The van der Waals surface area contributed by atoms with E-state index in [0.717, 1.165) is 96.3 Å². The highest BCUT2D eigenvalue weighted by Crippen LogP contribution is 2.16. The molecule has 0 spiro atoms. The van der Waals surface area contributed by atoms with E-state index in [2.05, 4.69) is 123 Å². The molecular weight excluding hydrogens is 983 g/mol. The van der Waals surface area contributed by atoms with Crippen LogP contribution in [0.1, 0.15) is 258 Å². The third-order valence-corrected chi connectivity index (χ3v) is 13.5. The van der Waals surface area contributed by atoms with E-state index >= 15 is 0 Å². The van der Waals surface area contributed by atoms with E-state index in [0.29, 0.717) is 23.9 Å². The minimum absolute atomic E-state index is 0.183. The molecule has 79 heavy (non-hydrogen) atoms. The molecule has 1 N–H and O–H groups in total. The third-order valence-electron chi connectivity index (χ3n) is 13.5. The number of carboxylic acid groups (broad SMARTS) is 1. The molecule has 0 aliphatic rings. The number of carboxylic acids is 1. The van der Waals surface area contributed by atoms with Gasteiger partial charge in [-0.05, 0) is 103 Å². The maximum Gasteiger partial charge on any atom is 0.361 e. The number of hydrogen-bond donors (Lipinski definition) is 1. The number of aliphatic carboxylic acids is 1. The van der Waals surface area contributed by atoms with Gasteiger partial charge in [0.2, 0.25) is 0 Å². The van der Waals surface area contributed by atoms with Crippen LogP contribution in [-0.4, -0.2) is 87.4 Å². The lowest BCUT2D eigenvalue weighted by Gasteiger charge is -2.25. The van der Waals surface area contributed by atoms with Gasteiger partial charge in [0.05, 0.1) is 34.4 Å². The monoisotopic (exact) mass is 1100 g/mol. The quantitative estimate of drug-likeness (QED) is 0.0211. The Labute approximate surface area is 485 Å². The van der Waals surface area contributed by atoms with Crippen molar-refractivity contribution in [1.29, 1.82) is 0 Å². The number of unbranched alkanes of at least 4 members (excludes halogenated alkanes) is 25. The number of carbonyl (C=O) groups is 3. The van der Waals surface area contributed by atoms with Crippen LogP contribution in [0, 0.1) is 0 Å². The van der Waals surface area contributed by atoms with Crippen LogP contribution in [-0.2, 0) is 33.3 Å². The van der Waals surface area contributed by atoms with Crippen molar-refractivity contribution >= 4 is 17.9 Å². The Kier molecular flexibility index (Phi) is 57.0. The highest BCUT2D eigenvalue weighted by molar-refractivity contribution is 5.71. The van der Waals surface area contributed by atoms with Gasteiger partial charge in [-0.25, -0.2) is 4.79 Å². The van der Waals surface area contributed by atoms with Gasteiger partial charge in [-0.3, -0.25) is 9.59 Å². The molecule has 0 aromatic heterocycles. The second kappa shape index (κ2) is 60.1. The second-order valence-electron chi connectivity index (χ2n) is 22.3. The molecule has 0 bridgehead atoms. The normalized spacial score (nSPS) is 13.5. The Hall–Kier alpha value is -4.05. The first kappa shape index (κ1) is 75.0. The summed E-state index contributed by atoms with van der Waals surface area (Å²) in [5.74, 6) is -2.02. The largest absolute Gasteiger partial charge is 0.477 e. The van der Waals surface area contributed by atoms with Crippen LogP contribution in [0.5, 0.6) is 0 Å². The summed E-state index contributed by atoms with van der Waals surface area (Å²) in [6.45, 7) is 4.73. The van der Waals surface area contributed by atoms with Gasteiger partial charge >= 0.3 is 17.9 Å². The molecule has 9 nitrogen and oxygen atoms in total. The van der Waals surface area contributed by atoms with Crippen LogP contribution in [0.3, 0.4) is 0 Å². The van der Waals surface area contributed by atoms with Crippen molar-refractivity contribution < 1.29 is 42.9 Å². The molecule has 0 aliphatic heterocycles. The van der Waals surface area contributed by atoms with Gasteiger partial charge in [-0.15, -0.1) is 0 Å². The van der Waals surface area contributed by atoms with Crippen molar-refractivity contribution in [3.8, 4) is 0 Å². The minimum Gasteiger partial charge on any atom is -0.477 e. The van der Waals surface area contributed by atoms with E-state index in [1.807, 2.05) is 21.1 Å². The summed E-state index contributed by atoms with van der Waals surface area (Å²) < 4.78 is 22.9. The van der Waals surface area contributed by atoms with E-state index in [9.17, 15) is 19.5 Å². The number of esters is 2. The zero-order chi connectivity index (χ0) is 57.6. The highest BCUT2D eigenvalue weighted by Gasteiger charge is 2.25. The van der Waals surface area contributed by atoms with Gasteiger partial charge in [-0.2, -0.15) is 0 Å². The van der Waals surface area contributed by atoms with Gasteiger partial charge in [-0.1, -0.05) is 252 Å². The molecule has 452 valence electrons. The standard InChI is InChI=1S/C70H119NO8/c1-6-8-10-12-14-16-18-20-22-24-25-26-27-28-29-30-31-32-33-34-35-36-37-38-39-40-41-42-43-45-47-49-51-53-55-57-59-61-68(73)79-66(65-78-70(69(74)75)76-63-62-71(3,4)5)64-77-67(72)60-58-56-54-52-50-48-46-44-23-21-19-17-15-13-11-9-7-2/h8,10,14-17,20-23,25-26,28-29,31-32,34-35,66,70H,6-7,9,11-13,18-19,24,27,30,33,36-65H2,1-5H3/p+1/b10-8-,16-14-,17-15-,22-20-,23-21-,26-25-,29-28-,32-31-,35-34-. The number of nitrogens with zero attached hydrogens (tertiary/aromatic N) is 1. The van der Waals surface area contributed by atoms with E-state index < -0.39 is 24.3 Å². The molecule has 0 heterocycles. The van der Waals surface area contributed by atoms with Crippen LogP contribution < -0.4 is 0 Å². The molecule has 0 fully saturated rings. The summed E-state index contributed by atoms with van der Waals surface area (Å²) in [6.07, 6.45) is 80.4. The average Bonchev–Trinajstić information content (AvgIpc) is 3.42. The number of likely N-dealkylation sites (N-methyl/N-ethyl adjacent to an activating group) is 1. The number of hydrogen-bond acceptors (Lipinski definition) is 7. The smallest absolute Gasteiger partial charge is 0.361 e. The Morgan fingerprint density at radius 1 is 0.392 bits per heavy atom. The lowest BCUT2D eigenvalue weighted by atomic mass is 10.0. The summed E-state index contributed by atoms with van der Waals surface area (Å²) in [5, 5.41) is 9.72. The summed E-state index contributed by atoms with van der Waals surface area (Å²) in [7, 11) is 5.97. The third kappa shape index (κ3) is 61.4. The first-order chi connectivity index (χ1) is 38.6. The molecule has 9 heteroatoms. The summed E-state index contributed by atoms with van der Waals surface area (Å²) >= 11 is 0. The van der Waals surface area contributed by atoms with E-state index in [4.69, 9.17) is 18.9 Å². The molecule has 0 aromatic carbocycles. The zero-order valence-electron chi connectivity index (χ0n) is 51.5. The fourth-order valence-corrected chi connectivity index (χ4v) is 8.61. The van der Waals surface area contributed by atoms with Crippen molar-refractivity contribution in [3.63, 3.8) is 0 Å². The molecule has 0 amide bonds. The summed E-state index contributed by atoms with van der Waals surface area (Å²) in [6, 6.07) is 0. The van der Waals surface area contributed by atoms with Crippen molar-refractivity contribution in [2.45, 2.75) is 270 Å². The van der Waals surface area contributed by atoms with Crippen molar-refractivity contribution in [2.75, 3.05) is 47.5 Å². The predicted molar refractivity (Wildman–Crippen MR) is 336 cm³/mol. The van der Waals surface area contributed by atoms with Gasteiger partial charge in [0.15, 0.2) is 6.10 Å². The maximum atomic E-state index is 12.9. The number of rotatable bonds is 58. The van der Waals surface area contributed by atoms with Crippen LogP contribution in [0.15, 0.2) is 109 Å². The van der Waals surface area contributed by atoms with Crippen molar-refractivity contribution in [3.05, 3.63) is 109 Å². The van der Waals surface area contributed by atoms with E-state index in [1.54, 1.807) is 0 Å². The second-order valence-corrected chi connectivity index (χ2v) is 22.3. The van der Waals surface area contributed by atoms with Gasteiger partial charge in [0.1, 0.15) is 13.2 Å². The van der Waals surface area contributed by atoms with Gasteiger partial charge in [0.25, 0.3) is 6.29 Å². The maximum absolute atomic E-state index is 12.9. The first-order valence-electron chi connectivity index (χ1n) is 32.1. The lowest BCUT2D eigenvalue weighted by Crippen LogP contribution is -2.40. The van der Waals surface area contributed by atoms with Crippen LogP contribution in [0.4, 0.5) is 0 Å². The Morgan fingerprint density at radius 2 is 0.722 bits per heavy atom. The molecule has 0 aliphatic carbocycles. The van der Waals surface area contributed by atoms with Crippen molar-refractivity contribution in [2.24, 2.45) is 0 Å². The molecule has 0 rings (SSSR count). The van der Waals surface area contributed by atoms with E-state index in [1.165, 1.54) is 128 Å². The van der Waals surface area contributed by atoms with Crippen LogP contribution >= 0.6 is 0 Å². The van der Waals surface area contributed by atoms with Gasteiger partial charge < -0.3 is 28.5 Å². The molecule has 0 aromatic rings. The SMILES string of the molecule is CC/C=C\C/C=C\C/C=C\C/C=C\C/C=C\C/C=C\C/C=C\CCCCCCCCCCCCCCCCCC(=O)OC(COC(=O)CCCCCCCCC/C=C\C/C=C\CCCCC)COC(OCC[N+](C)(C)C)C(=O)O. The highest BCUT2D eigenvalue weighted by atomic mass is 16.7. The first-order valence-corrected chi connectivity index (χ1v) is 32.1. The molecular formula is C70H120NO8+. The van der Waals surface area contributed by atoms with Crippen LogP contribution in [0.2, 0.25) is 0 Å². The number of carbonyl (C=O) groups excluding carboxylic acids is 2. The summed E-state index contributed by atoms with van der Waals surface area (Å²) in [4.78, 5) is 37.5. The fraction of sp³-hybridized carbons (Fsp3) is 0.700. The molecule has 0 saturated heterocycles.